The zero-order valence-corrected chi connectivity index (χ0v) is 12.7. The molecule has 0 spiro atoms. The minimum Gasteiger partial charge on any atom is -0.494 e. The zero-order valence-electron chi connectivity index (χ0n) is 12.7. The predicted molar refractivity (Wildman–Crippen MR) is 88.0 cm³/mol. The summed E-state index contributed by atoms with van der Waals surface area (Å²) in [5.74, 6) is 0.147. The number of ether oxygens (including phenoxy) is 1. The summed E-state index contributed by atoms with van der Waals surface area (Å²) in [6.45, 7) is 1.76. The quantitative estimate of drug-likeness (QED) is 0.778. The summed E-state index contributed by atoms with van der Waals surface area (Å²) in [5, 5.41) is 3.50. The number of aromatic amines is 1. The molecule has 0 aliphatic heterocycles. The molecule has 6 nitrogen and oxygen atoms in total. The van der Waals surface area contributed by atoms with Gasteiger partial charge in [-0.2, -0.15) is 0 Å². The molecule has 2 N–H and O–H groups in total. The maximum atomic E-state index is 12.4. The Hall–Kier alpha value is -3.15. The van der Waals surface area contributed by atoms with Crippen LogP contribution in [0.15, 0.2) is 47.4 Å². The Morgan fingerprint density at radius 1 is 1.22 bits per heavy atom. The Morgan fingerprint density at radius 3 is 2.78 bits per heavy atom. The molecule has 0 aliphatic carbocycles. The maximum Gasteiger partial charge on any atom is 0.261 e. The van der Waals surface area contributed by atoms with Gasteiger partial charge < -0.3 is 15.0 Å². The largest absolute Gasteiger partial charge is 0.494 e. The van der Waals surface area contributed by atoms with Crippen LogP contribution in [0.1, 0.15) is 16.1 Å². The van der Waals surface area contributed by atoms with Crippen LogP contribution in [0.25, 0.3) is 10.9 Å². The summed E-state index contributed by atoms with van der Waals surface area (Å²) in [6, 6.07) is 10.3. The van der Waals surface area contributed by atoms with Crippen LogP contribution in [0.3, 0.4) is 0 Å². The fourth-order valence-electron chi connectivity index (χ4n) is 2.36. The van der Waals surface area contributed by atoms with E-state index in [9.17, 15) is 9.59 Å². The lowest BCUT2D eigenvalue weighted by molar-refractivity contribution is 0.102. The first kappa shape index (κ1) is 14.8. The average molecular weight is 309 g/mol. The van der Waals surface area contributed by atoms with Gasteiger partial charge in [0.15, 0.2) is 0 Å². The molecule has 0 fully saturated rings. The molecule has 0 unspecified atom stereocenters. The van der Waals surface area contributed by atoms with Crippen LogP contribution in [-0.4, -0.2) is 23.0 Å². The lowest BCUT2D eigenvalue weighted by Crippen LogP contribution is -2.23. The van der Waals surface area contributed by atoms with E-state index >= 15 is 0 Å². The van der Waals surface area contributed by atoms with Gasteiger partial charge >= 0.3 is 0 Å². The lowest BCUT2D eigenvalue weighted by atomic mass is 10.1. The Morgan fingerprint density at radius 2 is 2.04 bits per heavy atom. The second kappa shape index (κ2) is 5.92. The number of methoxy groups -OCH3 is 1. The number of carbonyl (C=O) groups is 1. The summed E-state index contributed by atoms with van der Waals surface area (Å²) in [4.78, 5) is 31.1. The van der Waals surface area contributed by atoms with Crippen molar-refractivity contribution < 1.29 is 9.53 Å². The van der Waals surface area contributed by atoms with E-state index in [0.29, 0.717) is 22.6 Å². The van der Waals surface area contributed by atoms with E-state index in [1.54, 1.807) is 44.5 Å². The standard InChI is InChI=1S/C17H15N3O3/c1-10-5-6-12(16(21)19-10)17(22)20-13-7-8-14(23-2)15-11(13)4-3-9-18-15/h3-9H,1-2H3,(H,19,21)(H,20,22). The van der Waals surface area contributed by atoms with Gasteiger partial charge in [0.2, 0.25) is 0 Å². The molecule has 0 radical (unpaired) electrons. The molecular formula is C17H15N3O3. The van der Waals surface area contributed by atoms with Crippen molar-refractivity contribution in [3.8, 4) is 5.75 Å². The van der Waals surface area contributed by atoms with Crippen LogP contribution in [0.5, 0.6) is 5.75 Å². The van der Waals surface area contributed by atoms with E-state index in [1.165, 1.54) is 6.07 Å². The second-order valence-corrected chi connectivity index (χ2v) is 5.05. The van der Waals surface area contributed by atoms with Crippen molar-refractivity contribution in [2.24, 2.45) is 0 Å². The molecule has 23 heavy (non-hydrogen) atoms. The number of anilines is 1. The number of nitrogens with zero attached hydrogens (tertiary/aromatic N) is 1. The van der Waals surface area contributed by atoms with Gasteiger partial charge in [-0.1, -0.05) is 0 Å². The van der Waals surface area contributed by atoms with E-state index in [4.69, 9.17) is 4.74 Å². The Bertz CT molecular complexity index is 947. The first-order valence-electron chi connectivity index (χ1n) is 7.03. The highest BCUT2D eigenvalue weighted by atomic mass is 16.5. The third-order valence-corrected chi connectivity index (χ3v) is 3.50. The summed E-state index contributed by atoms with van der Waals surface area (Å²) >= 11 is 0. The van der Waals surface area contributed by atoms with E-state index in [-0.39, 0.29) is 5.56 Å². The van der Waals surface area contributed by atoms with Gasteiger partial charge in [-0.15, -0.1) is 0 Å². The molecular weight excluding hydrogens is 294 g/mol. The van der Waals surface area contributed by atoms with Crippen LogP contribution in [0, 0.1) is 6.92 Å². The fraction of sp³-hybridized carbons (Fsp3) is 0.118. The molecule has 116 valence electrons. The Labute approximate surface area is 132 Å². The molecule has 3 rings (SSSR count). The number of benzene rings is 1. The van der Waals surface area contributed by atoms with Gasteiger partial charge in [0, 0.05) is 17.3 Å². The summed E-state index contributed by atoms with van der Waals surface area (Å²) < 4.78 is 5.27. The molecule has 1 amide bonds. The fourth-order valence-corrected chi connectivity index (χ4v) is 2.36. The first-order valence-corrected chi connectivity index (χ1v) is 7.03. The third kappa shape index (κ3) is 2.78. The van der Waals surface area contributed by atoms with Gasteiger partial charge in [-0.05, 0) is 43.3 Å². The van der Waals surface area contributed by atoms with Crippen LogP contribution < -0.4 is 15.6 Å². The number of rotatable bonds is 3. The molecule has 0 saturated heterocycles. The highest BCUT2D eigenvalue weighted by Crippen LogP contribution is 2.29. The van der Waals surface area contributed by atoms with Crippen LogP contribution in [-0.2, 0) is 0 Å². The topological polar surface area (TPSA) is 84.1 Å². The minimum absolute atomic E-state index is 0.0588. The smallest absolute Gasteiger partial charge is 0.261 e. The predicted octanol–water partition coefficient (Wildman–Crippen LogP) is 2.49. The van der Waals surface area contributed by atoms with Gasteiger partial charge in [0.25, 0.3) is 11.5 Å². The van der Waals surface area contributed by atoms with Crippen LogP contribution in [0.4, 0.5) is 5.69 Å². The molecule has 1 aromatic carbocycles. The summed E-state index contributed by atoms with van der Waals surface area (Å²) in [5.41, 5.74) is 1.55. The van der Waals surface area contributed by atoms with Crippen molar-refractivity contribution in [2.75, 3.05) is 12.4 Å². The highest BCUT2D eigenvalue weighted by Gasteiger charge is 2.14. The van der Waals surface area contributed by atoms with Gasteiger partial charge in [-0.25, -0.2) is 0 Å². The van der Waals surface area contributed by atoms with Crippen LogP contribution in [0.2, 0.25) is 0 Å². The molecule has 6 heteroatoms. The Balaban J connectivity index is 2.02. The minimum atomic E-state index is -0.471. The molecule has 3 aromatic rings. The number of hydrogen-bond donors (Lipinski definition) is 2. The van der Waals surface area contributed by atoms with E-state index < -0.39 is 11.5 Å². The van der Waals surface area contributed by atoms with E-state index in [2.05, 4.69) is 15.3 Å². The monoisotopic (exact) mass is 309 g/mol. The molecule has 2 aromatic heterocycles. The molecule has 0 saturated carbocycles. The normalized spacial score (nSPS) is 10.5. The maximum absolute atomic E-state index is 12.4. The Kier molecular flexibility index (Phi) is 3.80. The number of carbonyl (C=O) groups excluding carboxylic acids is 1. The molecule has 2 heterocycles. The number of aryl methyl sites for hydroxylation is 1. The van der Waals surface area contributed by atoms with Gasteiger partial charge in [-0.3, -0.25) is 14.6 Å². The number of hydrogen-bond acceptors (Lipinski definition) is 4. The first-order chi connectivity index (χ1) is 11.1. The number of aromatic nitrogens is 2. The SMILES string of the molecule is COc1ccc(NC(=O)c2ccc(C)[nH]c2=O)c2cccnc12. The summed E-state index contributed by atoms with van der Waals surface area (Å²) in [7, 11) is 1.56. The van der Waals surface area contributed by atoms with Crippen molar-refractivity contribution in [3.05, 3.63) is 64.2 Å². The van der Waals surface area contributed by atoms with Crippen LogP contribution >= 0.6 is 0 Å². The number of pyridine rings is 2. The number of amides is 1. The lowest BCUT2D eigenvalue weighted by Gasteiger charge is -2.10. The molecule has 0 aliphatic rings. The van der Waals surface area contributed by atoms with Crippen molar-refractivity contribution in [1.29, 1.82) is 0 Å². The van der Waals surface area contributed by atoms with E-state index in [0.717, 1.165) is 5.39 Å². The number of H-pyrrole nitrogens is 1. The third-order valence-electron chi connectivity index (χ3n) is 3.50. The van der Waals surface area contributed by atoms with Gasteiger partial charge in [0.05, 0.1) is 12.8 Å². The van der Waals surface area contributed by atoms with Crippen molar-refractivity contribution >= 4 is 22.5 Å². The summed E-state index contributed by atoms with van der Waals surface area (Å²) in [6.07, 6.45) is 1.65. The number of nitrogens with one attached hydrogen (secondary N) is 2. The second-order valence-electron chi connectivity index (χ2n) is 5.05. The number of fused-ring (bicyclic) bond motifs is 1. The van der Waals surface area contributed by atoms with Gasteiger partial charge in [0.1, 0.15) is 16.8 Å². The zero-order chi connectivity index (χ0) is 16.4. The van der Waals surface area contributed by atoms with E-state index in [1.807, 2.05) is 6.07 Å². The van der Waals surface area contributed by atoms with Crippen molar-refractivity contribution in [3.63, 3.8) is 0 Å². The highest BCUT2D eigenvalue weighted by molar-refractivity contribution is 6.09. The van der Waals surface area contributed by atoms with Crippen molar-refractivity contribution in [2.45, 2.75) is 6.92 Å². The molecule has 0 bridgehead atoms. The molecule has 0 atom stereocenters. The van der Waals surface area contributed by atoms with Crippen molar-refractivity contribution in [1.82, 2.24) is 9.97 Å². The average Bonchev–Trinajstić information content (AvgIpc) is 2.55.